The molecule has 0 bridgehead atoms. The molecule has 1 aliphatic rings. The molecule has 1 heterocycles. The molecular weight excluding hydrogens is 200 g/mol. The zero-order valence-corrected chi connectivity index (χ0v) is 10.8. The molecule has 0 aliphatic carbocycles. The molecule has 0 aromatic carbocycles. The Morgan fingerprint density at radius 1 is 1.00 bits per heavy atom. The van der Waals surface area contributed by atoms with E-state index in [0.29, 0.717) is 0 Å². The van der Waals surface area contributed by atoms with Crippen molar-refractivity contribution in [3.8, 4) is 0 Å². The van der Waals surface area contributed by atoms with Gasteiger partial charge in [0, 0.05) is 12.8 Å². The maximum absolute atomic E-state index is 10.1. The minimum absolute atomic E-state index is 0.743. The van der Waals surface area contributed by atoms with Crippen LogP contribution < -0.4 is 0 Å². The molecule has 1 saturated heterocycles. The van der Waals surface area contributed by atoms with E-state index in [2.05, 4.69) is 6.92 Å². The van der Waals surface area contributed by atoms with Crippen LogP contribution in [0.15, 0.2) is 0 Å². The van der Waals surface area contributed by atoms with Gasteiger partial charge in [-0.2, -0.15) is 0 Å². The smallest absolute Gasteiger partial charge is 0.165 e. The summed E-state index contributed by atoms with van der Waals surface area (Å²) in [6, 6.07) is 0. The van der Waals surface area contributed by atoms with Crippen molar-refractivity contribution in [1.29, 1.82) is 0 Å². The fraction of sp³-hybridized carbons (Fsp3) is 1.00. The maximum atomic E-state index is 10.1. The zero-order chi connectivity index (χ0) is 11.7. The van der Waals surface area contributed by atoms with Crippen molar-refractivity contribution in [1.82, 2.24) is 0 Å². The molecule has 96 valence electrons. The van der Waals surface area contributed by atoms with Crippen LogP contribution >= 0.6 is 0 Å². The highest BCUT2D eigenvalue weighted by Gasteiger charge is 2.29. The fourth-order valence-electron chi connectivity index (χ4n) is 2.39. The van der Waals surface area contributed by atoms with Crippen molar-refractivity contribution in [2.75, 3.05) is 6.61 Å². The third kappa shape index (κ3) is 5.86. The van der Waals surface area contributed by atoms with Crippen LogP contribution in [-0.2, 0) is 4.74 Å². The van der Waals surface area contributed by atoms with Crippen LogP contribution in [0.2, 0.25) is 0 Å². The third-order valence-corrected chi connectivity index (χ3v) is 3.50. The minimum atomic E-state index is -0.776. The summed E-state index contributed by atoms with van der Waals surface area (Å²) in [5.74, 6) is -0.776. The highest BCUT2D eigenvalue weighted by molar-refractivity contribution is 4.71. The Morgan fingerprint density at radius 2 is 1.69 bits per heavy atom. The standard InChI is InChI=1S/C14H28O2/c1-2-3-4-5-6-7-8-11-14(15)12-9-10-13-16-14/h15H,2-13H2,1H3. The summed E-state index contributed by atoms with van der Waals surface area (Å²) in [5.41, 5.74) is 0. The summed E-state index contributed by atoms with van der Waals surface area (Å²) in [6.07, 6.45) is 13.0. The van der Waals surface area contributed by atoms with Gasteiger partial charge in [0.15, 0.2) is 5.79 Å². The zero-order valence-electron chi connectivity index (χ0n) is 10.8. The van der Waals surface area contributed by atoms with Crippen molar-refractivity contribution >= 4 is 0 Å². The summed E-state index contributed by atoms with van der Waals surface area (Å²) in [6.45, 7) is 2.99. The molecule has 2 nitrogen and oxygen atoms in total. The van der Waals surface area contributed by atoms with Gasteiger partial charge in [-0.1, -0.05) is 45.4 Å². The van der Waals surface area contributed by atoms with Crippen molar-refractivity contribution in [3.63, 3.8) is 0 Å². The van der Waals surface area contributed by atoms with Crippen LogP contribution in [0.5, 0.6) is 0 Å². The van der Waals surface area contributed by atoms with E-state index in [4.69, 9.17) is 4.74 Å². The molecule has 0 saturated carbocycles. The van der Waals surface area contributed by atoms with Gasteiger partial charge in [-0.25, -0.2) is 0 Å². The van der Waals surface area contributed by atoms with E-state index in [1.165, 1.54) is 38.5 Å². The molecule has 16 heavy (non-hydrogen) atoms. The van der Waals surface area contributed by atoms with Crippen LogP contribution in [0.4, 0.5) is 0 Å². The normalized spacial score (nSPS) is 25.9. The monoisotopic (exact) mass is 228 g/mol. The highest BCUT2D eigenvalue weighted by atomic mass is 16.6. The lowest BCUT2D eigenvalue weighted by Crippen LogP contribution is -2.35. The molecule has 0 amide bonds. The lowest BCUT2D eigenvalue weighted by atomic mass is 9.98. The molecule has 0 spiro atoms. The van der Waals surface area contributed by atoms with Crippen LogP contribution in [0.3, 0.4) is 0 Å². The Hall–Kier alpha value is -0.0800. The quantitative estimate of drug-likeness (QED) is 0.636. The number of unbranched alkanes of at least 4 members (excludes halogenated alkanes) is 6. The Morgan fingerprint density at radius 3 is 2.31 bits per heavy atom. The van der Waals surface area contributed by atoms with Gasteiger partial charge in [-0.05, 0) is 19.3 Å². The average molecular weight is 228 g/mol. The van der Waals surface area contributed by atoms with E-state index in [-0.39, 0.29) is 0 Å². The molecular formula is C14H28O2. The first kappa shape index (κ1) is 14.0. The van der Waals surface area contributed by atoms with E-state index in [9.17, 15) is 5.11 Å². The summed E-state index contributed by atoms with van der Waals surface area (Å²) in [5, 5.41) is 10.1. The Kier molecular flexibility index (Phi) is 7.06. The third-order valence-electron chi connectivity index (χ3n) is 3.50. The number of ether oxygens (including phenoxy) is 1. The molecule has 0 radical (unpaired) electrons. The first-order chi connectivity index (χ1) is 7.77. The molecule has 1 rings (SSSR count). The second-order valence-corrected chi connectivity index (χ2v) is 5.12. The molecule has 1 unspecified atom stereocenters. The van der Waals surface area contributed by atoms with E-state index in [1.807, 2.05) is 0 Å². The Bertz CT molecular complexity index is 162. The van der Waals surface area contributed by atoms with Gasteiger partial charge in [0.1, 0.15) is 0 Å². The lowest BCUT2D eigenvalue weighted by Gasteiger charge is -2.32. The van der Waals surface area contributed by atoms with Crippen LogP contribution in [0.1, 0.15) is 77.6 Å². The van der Waals surface area contributed by atoms with Crippen LogP contribution in [-0.4, -0.2) is 17.5 Å². The van der Waals surface area contributed by atoms with Gasteiger partial charge >= 0.3 is 0 Å². The summed E-state index contributed by atoms with van der Waals surface area (Å²) in [7, 11) is 0. The van der Waals surface area contributed by atoms with Gasteiger partial charge < -0.3 is 9.84 Å². The second-order valence-electron chi connectivity index (χ2n) is 5.12. The number of hydrogen-bond acceptors (Lipinski definition) is 2. The van der Waals surface area contributed by atoms with Crippen molar-refractivity contribution < 1.29 is 9.84 Å². The predicted molar refractivity (Wildman–Crippen MR) is 67.4 cm³/mol. The molecule has 1 atom stereocenters. The molecule has 0 aromatic rings. The Labute approximate surface area is 100 Å². The first-order valence-electron chi connectivity index (χ1n) is 7.13. The largest absolute Gasteiger partial charge is 0.365 e. The number of aliphatic hydroxyl groups is 1. The lowest BCUT2D eigenvalue weighted by molar-refractivity contribution is -0.228. The SMILES string of the molecule is CCCCCCCCCC1(O)CCCCO1. The van der Waals surface area contributed by atoms with Crippen molar-refractivity contribution in [3.05, 3.63) is 0 Å². The second kappa shape index (κ2) is 8.08. The summed E-state index contributed by atoms with van der Waals surface area (Å²) < 4.78 is 5.47. The predicted octanol–water partition coefficient (Wildman–Crippen LogP) is 4.02. The van der Waals surface area contributed by atoms with E-state index >= 15 is 0 Å². The summed E-state index contributed by atoms with van der Waals surface area (Å²) >= 11 is 0. The average Bonchev–Trinajstić information content (AvgIpc) is 2.29. The van der Waals surface area contributed by atoms with Crippen molar-refractivity contribution in [2.24, 2.45) is 0 Å². The van der Waals surface area contributed by atoms with E-state index < -0.39 is 5.79 Å². The van der Waals surface area contributed by atoms with Gasteiger partial charge in [0.05, 0.1) is 6.61 Å². The molecule has 1 aliphatic heterocycles. The first-order valence-corrected chi connectivity index (χ1v) is 7.13. The molecule has 1 fully saturated rings. The van der Waals surface area contributed by atoms with Crippen LogP contribution in [0.25, 0.3) is 0 Å². The van der Waals surface area contributed by atoms with Gasteiger partial charge in [0.2, 0.25) is 0 Å². The van der Waals surface area contributed by atoms with Gasteiger partial charge in [0.25, 0.3) is 0 Å². The van der Waals surface area contributed by atoms with Gasteiger partial charge in [-0.15, -0.1) is 0 Å². The van der Waals surface area contributed by atoms with Crippen LogP contribution in [0, 0.1) is 0 Å². The van der Waals surface area contributed by atoms with E-state index in [0.717, 1.165) is 38.7 Å². The number of rotatable bonds is 8. The molecule has 2 heteroatoms. The fourth-order valence-corrected chi connectivity index (χ4v) is 2.39. The van der Waals surface area contributed by atoms with E-state index in [1.54, 1.807) is 0 Å². The van der Waals surface area contributed by atoms with Crippen molar-refractivity contribution in [2.45, 2.75) is 83.3 Å². The van der Waals surface area contributed by atoms with Gasteiger partial charge in [-0.3, -0.25) is 0 Å². The minimum Gasteiger partial charge on any atom is -0.365 e. The molecule has 1 N–H and O–H groups in total. The molecule has 0 aromatic heterocycles. The highest BCUT2D eigenvalue weighted by Crippen LogP contribution is 2.27. The topological polar surface area (TPSA) is 29.5 Å². The Balaban J connectivity index is 1.93. The summed E-state index contributed by atoms with van der Waals surface area (Å²) in [4.78, 5) is 0. The maximum Gasteiger partial charge on any atom is 0.165 e. The number of hydrogen-bond donors (Lipinski definition) is 1.